The SMILES string of the molecule is CNCc1cc(F)cc(Oc2cccc(F)c2F)c1. The normalized spacial score (nSPS) is 10.5. The molecule has 0 aliphatic carbocycles. The molecule has 0 bridgehead atoms. The van der Waals surface area contributed by atoms with Crippen LogP contribution in [0.1, 0.15) is 5.56 Å². The molecule has 0 radical (unpaired) electrons. The molecule has 0 aliphatic heterocycles. The van der Waals surface area contributed by atoms with Gasteiger partial charge >= 0.3 is 0 Å². The molecule has 0 aliphatic rings. The molecule has 0 spiro atoms. The lowest BCUT2D eigenvalue weighted by Gasteiger charge is -2.09. The second kappa shape index (κ2) is 5.75. The fraction of sp³-hybridized carbons (Fsp3) is 0.143. The summed E-state index contributed by atoms with van der Waals surface area (Å²) in [5.41, 5.74) is 0.648. The van der Waals surface area contributed by atoms with Gasteiger partial charge in [0, 0.05) is 12.6 Å². The highest BCUT2D eigenvalue weighted by Gasteiger charge is 2.10. The maximum Gasteiger partial charge on any atom is 0.201 e. The van der Waals surface area contributed by atoms with E-state index in [2.05, 4.69) is 5.32 Å². The van der Waals surface area contributed by atoms with Gasteiger partial charge in [-0.25, -0.2) is 8.78 Å². The van der Waals surface area contributed by atoms with Gasteiger partial charge in [-0.15, -0.1) is 0 Å². The molecule has 0 aromatic heterocycles. The van der Waals surface area contributed by atoms with E-state index in [0.29, 0.717) is 12.1 Å². The molecule has 2 rings (SSSR count). The predicted molar refractivity (Wildman–Crippen MR) is 65.6 cm³/mol. The molecular formula is C14H12F3NO. The second-order valence-electron chi connectivity index (χ2n) is 3.98. The Hall–Kier alpha value is -2.01. The third-order valence-electron chi connectivity index (χ3n) is 2.46. The zero-order valence-corrected chi connectivity index (χ0v) is 10.2. The molecule has 0 saturated heterocycles. The Bertz CT molecular complexity index is 587. The fourth-order valence-electron chi connectivity index (χ4n) is 1.68. The van der Waals surface area contributed by atoms with Crippen LogP contribution in [-0.4, -0.2) is 7.05 Å². The van der Waals surface area contributed by atoms with Crippen molar-refractivity contribution in [2.45, 2.75) is 6.54 Å². The van der Waals surface area contributed by atoms with E-state index in [0.717, 1.165) is 12.1 Å². The predicted octanol–water partition coefficient (Wildman–Crippen LogP) is 3.62. The van der Waals surface area contributed by atoms with Crippen molar-refractivity contribution in [3.63, 3.8) is 0 Å². The van der Waals surface area contributed by atoms with Gasteiger partial charge in [0.15, 0.2) is 11.6 Å². The summed E-state index contributed by atoms with van der Waals surface area (Å²) in [5, 5.41) is 2.87. The summed E-state index contributed by atoms with van der Waals surface area (Å²) in [6.45, 7) is 0.444. The summed E-state index contributed by atoms with van der Waals surface area (Å²) >= 11 is 0. The highest BCUT2D eigenvalue weighted by molar-refractivity contribution is 5.35. The van der Waals surface area contributed by atoms with Gasteiger partial charge in [-0.1, -0.05) is 6.07 Å². The molecule has 2 nitrogen and oxygen atoms in total. The number of rotatable bonds is 4. The third-order valence-corrected chi connectivity index (χ3v) is 2.46. The Balaban J connectivity index is 2.30. The van der Waals surface area contributed by atoms with E-state index in [1.165, 1.54) is 18.2 Å². The molecule has 0 saturated carbocycles. The highest BCUT2D eigenvalue weighted by atomic mass is 19.2. The van der Waals surface area contributed by atoms with E-state index in [9.17, 15) is 13.2 Å². The van der Waals surface area contributed by atoms with Gasteiger partial charge < -0.3 is 10.1 Å². The lowest BCUT2D eigenvalue weighted by Crippen LogP contribution is -2.05. The van der Waals surface area contributed by atoms with E-state index in [-0.39, 0.29) is 11.5 Å². The van der Waals surface area contributed by atoms with Gasteiger partial charge in [-0.05, 0) is 36.9 Å². The zero-order chi connectivity index (χ0) is 13.8. The van der Waals surface area contributed by atoms with E-state index in [4.69, 9.17) is 4.74 Å². The lowest BCUT2D eigenvalue weighted by molar-refractivity contribution is 0.413. The van der Waals surface area contributed by atoms with Crippen molar-refractivity contribution in [3.05, 3.63) is 59.4 Å². The van der Waals surface area contributed by atoms with Gasteiger partial charge in [0.25, 0.3) is 0 Å². The number of halogens is 3. The maximum atomic E-state index is 13.4. The van der Waals surface area contributed by atoms with Gasteiger partial charge in [0.2, 0.25) is 5.82 Å². The maximum absolute atomic E-state index is 13.4. The number of hydrogen-bond acceptors (Lipinski definition) is 2. The molecule has 1 N–H and O–H groups in total. The van der Waals surface area contributed by atoms with Crippen LogP contribution in [0.4, 0.5) is 13.2 Å². The minimum absolute atomic E-state index is 0.120. The summed E-state index contributed by atoms with van der Waals surface area (Å²) < 4.78 is 45.0. The number of nitrogens with one attached hydrogen (secondary N) is 1. The number of hydrogen-bond donors (Lipinski definition) is 1. The fourth-order valence-corrected chi connectivity index (χ4v) is 1.68. The van der Waals surface area contributed by atoms with Gasteiger partial charge in [0.1, 0.15) is 11.6 Å². The smallest absolute Gasteiger partial charge is 0.201 e. The van der Waals surface area contributed by atoms with E-state index in [1.807, 2.05) is 0 Å². The average Bonchev–Trinajstić information content (AvgIpc) is 2.35. The van der Waals surface area contributed by atoms with Crippen LogP contribution in [0.5, 0.6) is 11.5 Å². The van der Waals surface area contributed by atoms with E-state index in [1.54, 1.807) is 13.1 Å². The van der Waals surface area contributed by atoms with Crippen LogP contribution in [0.3, 0.4) is 0 Å². The van der Waals surface area contributed by atoms with Crippen molar-refractivity contribution >= 4 is 0 Å². The minimum atomic E-state index is -1.10. The summed E-state index contributed by atoms with van der Waals surface area (Å²) in [6.07, 6.45) is 0. The van der Waals surface area contributed by atoms with Crippen molar-refractivity contribution in [1.82, 2.24) is 5.32 Å². The standard InChI is InChI=1S/C14H12F3NO/c1-18-8-9-5-10(15)7-11(6-9)19-13-4-2-3-12(16)14(13)17/h2-7,18H,8H2,1H3. The Morgan fingerprint density at radius 3 is 2.63 bits per heavy atom. The van der Waals surface area contributed by atoms with Crippen LogP contribution in [0.2, 0.25) is 0 Å². The van der Waals surface area contributed by atoms with Gasteiger partial charge in [-0.3, -0.25) is 0 Å². The van der Waals surface area contributed by atoms with Crippen LogP contribution >= 0.6 is 0 Å². The summed E-state index contributed by atoms with van der Waals surface area (Å²) in [4.78, 5) is 0. The molecule has 0 heterocycles. The molecule has 0 unspecified atom stereocenters. The van der Waals surface area contributed by atoms with Crippen LogP contribution < -0.4 is 10.1 Å². The second-order valence-corrected chi connectivity index (χ2v) is 3.98. The van der Waals surface area contributed by atoms with Crippen LogP contribution in [-0.2, 0) is 6.54 Å². The zero-order valence-electron chi connectivity index (χ0n) is 10.2. The van der Waals surface area contributed by atoms with Crippen LogP contribution in [0, 0.1) is 17.5 Å². The summed E-state index contributed by atoms with van der Waals surface area (Å²) in [5.74, 6) is -2.76. The molecule has 2 aromatic rings. The van der Waals surface area contributed by atoms with Crippen LogP contribution in [0.25, 0.3) is 0 Å². The average molecular weight is 267 g/mol. The highest BCUT2D eigenvalue weighted by Crippen LogP contribution is 2.27. The Labute approximate surface area is 108 Å². The largest absolute Gasteiger partial charge is 0.454 e. The van der Waals surface area contributed by atoms with Crippen molar-refractivity contribution in [3.8, 4) is 11.5 Å². The number of benzene rings is 2. The molecule has 19 heavy (non-hydrogen) atoms. The molecule has 0 amide bonds. The quantitative estimate of drug-likeness (QED) is 0.913. The third kappa shape index (κ3) is 3.26. The molecule has 0 fully saturated rings. The first kappa shape index (κ1) is 13.4. The van der Waals surface area contributed by atoms with Crippen molar-refractivity contribution in [2.24, 2.45) is 0 Å². The Morgan fingerprint density at radius 2 is 1.89 bits per heavy atom. The van der Waals surface area contributed by atoms with E-state index >= 15 is 0 Å². The number of ether oxygens (including phenoxy) is 1. The first-order chi connectivity index (χ1) is 9.10. The first-order valence-corrected chi connectivity index (χ1v) is 5.66. The van der Waals surface area contributed by atoms with Gasteiger partial charge in [0.05, 0.1) is 0 Å². The molecule has 100 valence electrons. The molecule has 2 aromatic carbocycles. The minimum Gasteiger partial charge on any atom is -0.454 e. The summed E-state index contributed by atoms with van der Waals surface area (Å²) in [6, 6.07) is 7.60. The Kier molecular flexibility index (Phi) is 4.06. The lowest BCUT2D eigenvalue weighted by atomic mass is 10.2. The van der Waals surface area contributed by atoms with Crippen molar-refractivity contribution < 1.29 is 17.9 Å². The summed E-state index contributed by atoms with van der Waals surface area (Å²) in [7, 11) is 1.72. The Morgan fingerprint density at radius 1 is 1.11 bits per heavy atom. The topological polar surface area (TPSA) is 21.3 Å². The van der Waals surface area contributed by atoms with Crippen LogP contribution in [0.15, 0.2) is 36.4 Å². The first-order valence-electron chi connectivity index (χ1n) is 5.66. The monoisotopic (exact) mass is 267 g/mol. The van der Waals surface area contributed by atoms with Crippen molar-refractivity contribution in [1.29, 1.82) is 0 Å². The molecule has 5 heteroatoms. The van der Waals surface area contributed by atoms with Crippen molar-refractivity contribution in [2.75, 3.05) is 7.05 Å². The van der Waals surface area contributed by atoms with E-state index < -0.39 is 17.5 Å². The molecular weight excluding hydrogens is 255 g/mol. The molecule has 0 atom stereocenters. The van der Waals surface area contributed by atoms with Gasteiger partial charge in [-0.2, -0.15) is 4.39 Å².